The third kappa shape index (κ3) is 5.07. The predicted molar refractivity (Wildman–Crippen MR) is 98.4 cm³/mol. The zero-order valence-corrected chi connectivity index (χ0v) is 14.4. The number of rotatable bonds is 5. The van der Waals surface area contributed by atoms with Crippen molar-refractivity contribution in [3.8, 4) is 16.9 Å². The minimum absolute atomic E-state index is 0.0795. The number of ether oxygens (including phenoxy) is 1. The van der Waals surface area contributed by atoms with Gasteiger partial charge in [-0.3, -0.25) is 4.79 Å². The van der Waals surface area contributed by atoms with Crippen LogP contribution in [0.5, 0.6) is 5.75 Å². The number of carbonyl (C=O) groups excluding carboxylic acids is 1. The molecule has 0 aliphatic rings. The van der Waals surface area contributed by atoms with Crippen molar-refractivity contribution in [1.29, 1.82) is 0 Å². The molecule has 142 valence electrons. The van der Waals surface area contributed by atoms with E-state index in [4.69, 9.17) is 0 Å². The third-order valence-corrected chi connectivity index (χ3v) is 3.88. The number of carbonyl (C=O) groups is 1. The molecule has 0 spiro atoms. The molecule has 2 nitrogen and oxygen atoms in total. The molecule has 0 unspecified atom stereocenters. The number of hydrogen-bond donors (Lipinski definition) is 0. The molecule has 0 saturated carbocycles. The van der Waals surface area contributed by atoms with Crippen molar-refractivity contribution in [1.82, 2.24) is 0 Å². The number of halogens is 4. The average Bonchev–Trinajstić information content (AvgIpc) is 2.68. The number of hydrogen-bond acceptors (Lipinski definition) is 2. The van der Waals surface area contributed by atoms with Crippen LogP contribution in [0.25, 0.3) is 17.2 Å². The van der Waals surface area contributed by atoms with Crippen molar-refractivity contribution in [2.75, 3.05) is 0 Å². The second kappa shape index (κ2) is 8.08. The van der Waals surface area contributed by atoms with Gasteiger partial charge in [-0.2, -0.15) is 0 Å². The maximum atomic E-state index is 14.3. The molecule has 0 amide bonds. The lowest BCUT2D eigenvalue weighted by atomic mass is 10.0. The third-order valence-electron chi connectivity index (χ3n) is 3.88. The second-order valence-electron chi connectivity index (χ2n) is 5.88. The second-order valence-corrected chi connectivity index (χ2v) is 5.88. The van der Waals surface area contributed by atoms with Crippen LogP contribution in [0.2, 0.25) is 0 Å². The Hall–Kier alpha value is -3.41. The lowest BCUT2D eigenvalue weighted by molar-refractivity contribution is -0.274. The monoisotopic (exact) mass is 386 g/mol. The van der Waals surface area contributed by atoms with E-state index in [0.29, 0.717) is 5.56 Å². The van der Waals surface area contributed by atoms with Gasteiger partial charge in [-0.25, -0.2) is 4.39 Å². The van der Waals surface area contributed by atoms with Crippen LogP contribution in [0.4, 0.5) is 17.6 Å². The van der Waals surface area contributed by atoms with Crippen LogP contribution in [0, 0.1) is 0 Å². The van der Waals surface area contributed by atoms with Crippen LogP contribution in [0.1, 0.15) is 15.9 Å². The van der Waals surface area contributed by atoms with Gasteiger partial charge in [0.1, 0.15) is 5.75 Å². The summed E-state index contributed by atoms with van der Waals surface area (Å²) in [5, 5.41) is 0. The maximum Gasteiger partial charge on any atom is 0.573 e. The van der Waals surface area contributed by atoms with Crippen LogP contribution < -0.4 is 4.74 Å². The van der Waals surface area contributed by atoms with Crippen LogP contribution in [-0.4, -0.2) is 12.1 Å². The smallest absolute Gasteiger partial charge is 0.406 e. The highest BCUT2D eigenvalue weighted by Gasteiger charge is 2.31. The molecule has 0 bridgehead atoms. The lowest BCUT2D eigenvalue weighted by Crippen LogP contribution is -2.17. The highest BCUT2D eigenvalue weighted by atomic mass is 19.4. The molecule has 0 aliphatic heterocycles. The summed E-state index contributed by atoms with van der Waals surface area (Å²) in [4.78, 5) is 12.1. The zero-order chi connectivity index (χ0) is 20.1. The molecule has 0 fully saturated rings. The average molecular weight is 386 g/mol. The maximum absolute atomic E-state index is 14.3. The number of Topliss-reactive ketones (excluding diaryl/α,β-unsaturated/α-hetero) is 1. The molecule has 3 aromatic carbocycles. The van der Waals surface area contributed by atoms with Gasteiger partial charge >= 0.3 is 6.36 Å². The molecule has 0 saturated heterocycles. The summed E-state index contributed by atoms with van der Waals surface area (Å²) in [6, 6.07) is 20.7. The molecule has 6 heteroatoms. The van der Waals surface area contributed by atoms with E-state index in [-0.39, 0.29) is 5.56 Å². The fourth-order valence-corrected chi connectivity index (χ4v) is 2.56. The van der Waals surface area contributed by atoms with Crippen molar-refractivity contribution < 1.29 is 27.1 Å². The van der Waals surface area contributed by atoms with Gasteiger partial charge in [0.25, 0.3) is 0 Å². The number of allylic oxidation sites excluding steroid dienone is 1. The Morgan fingerprint density at radius 1 is 0.786 bits per heavy atom. The molecular weight excluding hydrogens is 372 g/mol. The Bertz CT molecular complexity index is 974. The molecule has 0 atom stereocenters. The first-order valence-electron chi connectivity index (χ1n) is 8.25. The molecule has 0 aromatic heterocycles. The lowest BCUT2D eigenvalue weighted by Gasteiger charge is -2.08. The van der Waals surface area contributed by atoms with Crippen molar-refractivity contribution >= 4 is 11.9 Å². The molecule has 0 aliphatic carbocycles. The summed E-state index contributed by atoms with van der Waals surface area (Å²) in [6.45, 7) is 0. The minimum atomic E-state index is -4.83. The normalized spacial score (nSPS) is 11.9. The summed E-state index contributed by atoms with van der Waals surface area (Å²) < 4.78 is 54.4. The highest BCUT2D eigenvalue weighted by Crippen LogP contribution is 2.24. The van der Waals surface area contributed by atoms with Gasteiger partial charge < -0.3 is 4.74 Å². The standard InChI is InChI=1S/C22H14F4O2/c23-20(21(27)18-10-12-19(13-11-18)28-22(24,25)26)14-15-6-8-17(9-7-15)16-4-2-1-3-5-16/h1-14H/b20-14-. The quantitative estimate of drug-likeness (QED) is 0.286. The number of ketones is 1. The van der Waals surface area contributed by atoms with E-state index in [1.165, 1.54) is 0 Å². The van der Waals surface area contributed by atoms with Crippen LogP contribution in [-0.2, 0) is 0 Å². The Labute approximate surface area is 158 Å². The van der Waals surface area contributed by atoms with Crippen molar-refractivity contribution in [2.45, 2.75) is 6.36 Å². The predicted octanol–water partition coefficient (Wildman–Crippen LogP) is 6.45. The van der Waals surface area contributed by atoms with Crippen molar-refractivity contribution in [3.63, 3.8) is 0 Å². The Morgan fingerprint density at radius 2 is 1.36 bits per heavy atom. The Kier molecular flexibility index (Phi) is 5.59. The van der Waals surface area contributed by atoms with Crippen molar-refractivity contribution in [3.05, 3.63) is 95.8 Å². The van der Waals surface area contributed by atoms with Gasteiger partial charge in [0.15, 0.2) is 5.83 Å². The van der Waals surface area contributed by atoms with Gasteiger partial charge in [-0.05, 0) is 47.0 Å². The summed E-state index contributed by atoms with van der Waals surface area (Å²) in [5.74, 6) is -2.42. The number of alkyl halides is 3. The molecule has 3 rings (SSSR count). The molecule has 0 radical (unpaired) electrons. The van der Waals surface area contributed by atoms with E-state index in [2.05, 4.69) is 4.74 Å². The van der Waals surface area contributed by atoms with E-state index >= 15 is 0 Å². The molecule has 0 heterocycles. The number of benzene rings is 3. The van der Waals surface area contributed by atoms with Gasteiger partial charge in [-0.1, -0.05) is 54.6 Å². The van der Waals surface area contributed by atoms with Crippen molar-refractivity contribution in [2.24, 2.45) is 0 Å². The SMILES string of the molecule is O=C(/C(F)=C/c1ccc(-c2ccccc2)cc1)c1ccc(OC(F)(F)F)cc1. The van der Waals surface area contributed by atoms with Crippen LogP contribution in [0.3, 0.4) is 0 Å². The van der Waals surface area contributed by atoms with E-state index in [0.717, 1.165) is 41.5 Å². The first kappa shape index (κ1) is 19.4. The van der Waals surface area contributed by atoms with Gasteiger partial charge in [0, 0.05) is 5.56 Å². The Balaban J connectivity index is 1.73. The van der Waals surface area contributed by atoms with E-state index in [9.17, 15) is 22.4 Å². The van der Waals surface area contributed by atoms with E-state index < -0.39 is 23.7 Å². The van der Waals surface area contributed by atoms with E-state index in [1.54, 1.807) is 12.1 Å². The van der Waals surface area contributed by atoms with E-state index in [1.807, 2.05) is 42.5 Å². The molecule has 0 N–H and O–H groups in total. The molecule has 3 aromatic rings. The van der Waals surface area contributed by atoms with Gasteiger partial charge in [-0.15, -0.1) is 13.2 Å². The molecular formula is C22H14F4O2. The molecule has 28 heavy (non-hydrogen) atoms. The summed E-state index contributed by atoms with van der Waals surface area (Å²) >= 11 is 0. The fraction of sp³-hybridized carbons (Fsp3) is 0.0455. The minimum Gasteiger partial charge on any atom is -0.406 e. The largest absolute Gasteiger partial charge is 0.573 e. The fourth-order valence-electron chi connectivity index (χ4n) is 2.56. The summed E-state index contributed by atoms with van der Waals surface area (Å²) in [7, 11) is 0. The topological polar surface area (TPSA) is 26.3 Å². The van der Waals surface area contributed by atoms with Crippen LogP contribution in [0.15, 0.2) is 84.7 Å². The van der Waals surface area contributed by atoms with Gasteiger partial charge in [0.05, 0.1) is 0 Å². The first-order chi connectivity index (χ1) is 13.3. The zero-order valence-electron chi connectivity index (χ0n) is 14.4. The summed E-state index contributed by atoms with van der Waals surface area (Å²) in [5.41, 5.74) is 2.37. The Morgan fingerprint density at radius 3 is 1.93 bits per heavy atom. The van der Waals surface area contributed by atoms with Crippen LogP contribution >= 0.6 is 0 Å². The van der Waals surface area contributed by atoms with Gasteiger partial charge in [0.2, 0.25) is 5.78 Å². The first-order valence-corrected chi connectivity index (χ1v) is 8.25. The highest BCUT2D eigenvalue weighted by molar-refractivity contribution is 6.09. The summed E-state index contributed by atoms with van der Waals surface area (Å²) in [6.07, 6.45) is -3.75.